The largest absolute Gasteiger partial charge is 0.380 e. The van der Waals surface area contributed by atoms with Crippen LogP contribution in [0.15, 0.2) is 30.3 Å². The molecule has 1 amide bonds. The van der Waals surface area contributed by atoms with Gasteiger partial charge in [-0.05, 0) is 55.8 Å². The van der Waals surface area contributed by atoms with Crippen molar-refractivity contribution in [3.8, 4) is 0 Å². The molecule has 2 aliphatic heterocycles. The lowest BCUT2D eigenvalue weighted by Gasteiger charge is -2.35. The van der Waals surface area contributed by atoms with Crippen LogP contribution < -0.4 is 5.32 Å². The minimum absolute atomic E-state index is 0.0721. The predicted molar refractivity (Wildman–Crippen MR) is 97.7 cm³/mol. The first-order valence-corrected chi connectivity index (χ1v) is 9.70. The third kappa shape index (κ3) is 3.48. The Labute approximate surface area is 146 Å². The van der Waals surface area contributed by atoms with Crippen molar-refractivity contribution in [2.24, 2.45) is 5.92 Å². The lowest BCUT2D eigenvalue weighted by molar-refractivity contribution is 0.0915. The van der Waals surface area contributed by atoms with Crippen LogP contribution in [0.2, 0.25) is 0 Å². The molecule has 3 heterocycles. The van der Waals surface area contributed by atoms with E-state index >= 15 is 0 Å². The van der Waals surface area contributed by atoms with Gasteiger partial charge in [-0.3, -0.25) is 9.69 Å². The number of nitrogens with zero attached hydrogens (tertiary/aromatic N) is 1. The highest BCUT2D eigenvalue weighted by Gasteiger charge is 2.27. The minimum atomic E-state index is 0.0721. The number of ether oxygens (including phenoxy) is 1. The van der Waals surface area contributed by atoms with Gasteiger partial charge in [0.2, 0.25) is 0 Å². The van der Waals surface area contributed by atoms with Crippen LogP contribution in [0.4, 0.5) is 0 Å². The lowest BCUT2D eigenvalue weighted by Crippen LogP contribution is -2.43. The van der Waals surface area contributed by atoms with E-state index in [1.807, 2.05) is 18.2 Å². The van der Waals surface area contributed by atoms with Crippen molar-refractivity contribution in [1.29, 1.82) is 0 Å². The minimum Gasteiger partial charge on any atom is -0.380 e. The van der Waals surface area contributed by atoms with Gasteiger partial charge in [0.05, 0.1) is 11.5 Å². The van der Waals surface area contributed by atoms with Crippen molar-refractivity contribution >= 4 is 27.3 Å². The van der Waals surface area contributed by atoms with E-state index in [0.29, 0.717) is 12.0 Å². The normalized spacial score (nSPS) is 22.9. The van der Waals surface area contributed by atoms with Crippen molar-refractivity contribution in [1.82, 2.24) is 10.2 Å². The molecule has 4 rings (SSSR count). The molecule has 1 N–H and O–H groups in total. The first-order valence-electron chi connectivity index (χ1n) is 8.88. The van der Waals surface area contributed by atoms with Crippen molar-refractivity contribution in [2.75, 3.05) is 32.8 Å². The molecule has 2 saturated heterocycles. The molecule has 2 aliphatic rings. The number of amides is 1. The molecule has 24 heavy (non-hydrogen) atoms. The Morgan fingerprint density at radius 3 is 2.83 bits per heavy atom. The fraction of sp³-hybridized carbons (Fsp3) is 0.526. The van der Waals surface area contributed by atoms with E-state index in [9.17, 15) is 4.79 Å². The highest BCUT2D eigenvalue weighted by atomic mass is 32.1. The molecule has 0 aliphatic carbocycles. The number of nitrogens with one attached hydrogen (secondary N) is 1. The van der Waals surface area contributed by atoms with Gasteiger partial charge in [-0.2, -0.15) is 0 Å². The van der Waals surface area contributed by atoms with E-state index < -0.39 is 0 Å². The highest BCUT2D eigenvalue weighted by Crippen LogP contribution is 2.26. The Balaban J connectivity index is 1.27. The maximum atomic E-state index is 12.4. The van der Waals surface area contributed by atoms with Crippen LogP contribution in [0, 0.1) is 5.92 Å². The van der Waals surface area contributed by atoms with Gasteiger partial charge in [0, 0.05) is 23.9 Å². The zero-order chi connectivity index (χ0) is 16.4. The fourth-order valence-corrected chi connectivity index (χ4v) is 4.73. The summed E-state index contributed by atoms with van der Waals surface area (Å²) in [4.78, 5) is 15.8. The summed E-state index contributed by atoms with van der Waals surface area (Å²) in [6, 6.07) is 10.8. The van der Waals surface area contributed by atoms with E-state index in [-0.39, 0.29) is 5.91 Å². The van der Waals surface area contributed by atoms with Gasteiger partial charge in [0.1, 0.15) is 0 Å². The zero-order valence-corrected chi connectivity index (χ0v) is 14.7. The third-order valence-corrected chi connectivity index (χ3v) is 6.39. The summed E-state index contributed by atoms with van der Waals surface area (Å²) in [6.45, 7) is 4.88. The molecular formula is C19H24N2O2S. The summed E-state index contributed by atoms with van der Waals surface area (Å²) in [5.74, 6) is 0.671. The average molecular weight is 344 g/mol. The Kier molecular flexibility index (Phi) is 4.83. The number of likely N-dealkylation sites (tertiary alicyclic amines) is 1. The zero-order valence-electron chi connectivity index (χ0n) is 13.9. The summed E-state index contributed by atoms with van der Waals surface area (Å²) in [7, 11) is 0. The van der Waals surface area contributed by atoms with Crippen molar-refractivity contribution in [2.45, 2.75) is 25.3 Å². The second kappa shape index (κ2) is 7.21. The van der Waals surface area contributed by atoms with Crippen LogP contribution in [-0.4, -0.2) is 49.7 Å². The van der Waals surface area contributed by atoms with Crippen LogP contribution in [0.5, 0.6) is 0 Å². The fourth-order valence-electron chi connectivity index (χ4n) is 3.75. The number of fused-ring (bicyclic) bond motifs is 1. The number of thiophene rings is 1. The first kappa shape index (κ1) is 16.1. The summed E-state index contributed by atoms with van der Waals surface area (Å²) in [6.07, 6.45) is 3.51. The van der Waals surface area contributed by atoms with Gasteiger partial charge in [0.15, 0.2) is 0 Å². The third-order valence-electron chi connectivity index (χ3n) is 5.27. The van der Waals surface area contributed by atoms with E-state index in [1.165, 1.54) is 24.0 Å². The van der Waals surface area contributed by atoms with E-state index in [1.54, 1.807) is 11.3 Å². The Hall–Kier alpha value is -1.43. The van der Waals surface area contributed by atoms with Crippen LogP contribution in [-0.2, 0) is 4.74 Å². The second-order valence-corrected chi connectivity index (χ2v) is 7.94. The Bertz CT molecular complexity index is 667. The maximum Gasteiger partial charge on any atom is 0.261 e. The van der Waals surface area contributed by atoms with Crippen molar-refractivity contribution < 1.29 is 9.53 Å². The molecule has 128 valence electrons. The summed E-state index contributed by atoms with van der Waals surface area (Å²) < 4.78 is 6.67. The number of benzene rings is 1. The SMILES string of the molecule is O=C(NCC1CCN(C2CCOC2)CC1)c1cc2ccccc2s1. The van der Waals surface area contributed by atoms with Gasteiger partial charge in [0.25, 0.3) is 5.91 Å². The van der Waals surface area contributed by atoms with Crippen molar-refractivity contribution in [3.05, 3.63) is 35.2 Å². The summed E-state index contributed by atoms with van der Waals surface area (Å²) in [5, 5.41) is 4.29. The molecule has 0 spiro atoms. The topological polar surface area (TPSA) is 41.6 Å². The summed E-state index contributed by atoms with van der Waals surface area (Å²) >= 11 is 1.58. The molecule has 4 nitrogen and oxygen atoms in total. The molecule has 1 aromatic carbocycles. The molecule has 1 aromatic heterocycles. The Morgan fingerprint density at radius 1 is 1.25 bits per heavy atom. The van der Waals surface area contributed by atoms with Crippen LogP contribution in [0.3, 0.4) is 0 Å². The Morgan fingerprint density at radius 2 is 2.08 bits per heavy atom. The van der Waals surface area contributed by atoms with Crippen LogP contribution in [0.1, 0.15) is 28.9 Å². The first-order chi connectivity index (χ1) is 11.8. The lowest BCUT2D eigenvalue weighted by atomic mass is 9.95. The van der Waals surface area contributed by atoms with E-state index in [4.69, 9.17) is 4.74 Å². The molecular weight excluding hydrogens is 320 g/mol. The number of rotatable bonds is 4. The summed E-state index contributed by atoms with van der Waals surface area (Å²) in [5.41, 5.74) is 0. The number of hydrogen-bond acceptors (Lipinski definition) is 4. The molecule has 5 heteroatoms. The maximum absolute atomic E-state index is 12.4. The smallest absolute Gasteiger partial charge is 0.261 e. The van der Waals surface area contributed by atoms with Gasteiger partial charge >= 0.3 is 0 Å². The van der Waals surface area contributed by atoms with Gasteiger partial charge in [-0.1, -0.05) is 18.2 Å². The van der Waals surface area contributed by atoms with Gasteiger partial charge in [-0.25, -0.2) is 0 Å². The molecule has 1 unspecified atom stereocenters. The monoisotopic (exact) mass is 344 g/mol. The van der Waals surface area contributed by atoms with Crippen molar-refractivity contribution in [3.63, 3.8) is 0 Å². The second-order valence-electron chi connectivity index (χ2n) is 6.86. The average Bonchev–Trinajstić information content (AvgIpc) is 3.29. The molecule has 0 radical (unpaired) electrons. The molecule has 2 aromatic rings. The number of hydrogen-bond donors (Lipinski definition) is 1. The van der Waals surface area contributed by atoms with E-state index in [0.717, 1.165) is 43.1 Å². The van der Waals surface area contributed by atoms with Crippen LogP contribution >= 0.6 is 11.3 Å². The standard InChI is InChI=1S/C19H24N2O2S/c22-19(18-11-15-3-1-2-4-17(15)24-18)20-12-14-5-8-21(9-6-14)16-7-10-23-13-16/h1-4,11,14,16H,5-10,12-13H2,(H,20,22). The molecule has 1 atom stereocenters. The predicted octanol–water partition coefficient (Wildman–Crippen LogP) is 3.13. The highest BCUT2D eigenvalue weighted by molar-refractivity contribution is 7.20. The van der Waals surface area contributed by atoms with E-state index in [2.05, 4.69) is 22.3 Å². The number of carbonyl (C=O) groups excluding carboxylic acids is 1. The molecule has 0 saturated carbocycles. The quantitative estimate of drug-likeness (QED) is 0.926. The number of carbonyl (C=O) groups is 1. The molecule has 0 bridgehead atoms. The molecule has 2 fully saturated rings. The van der Waals surface area contributed by atoms with Gasteiger partial charge < -0.3 is 10.1 Å². The number of piperidine rings is 1. The van der Waals surface area contributed by atoms with Crippen LogP contribution in [0.25, 0.3) is 10.1 Å². The van der Waals surface area contributed by atoms with Gasteiger partial charge in [-0.15, -0.1) is 11.3 Å².